The highest BCUT2D eigenvalue weighted by atomic mass is 32.1. The Bertz CT molecular complexity index is 1600. The van der Waals surface area contributed by atoms with Gasteiger partial charge in [-0.1, -0.05) is 23.5 Å². The van der Waals surface area contributed by atoms with Crippen molar-refractivity contribution in [2.45, 2.75) is 12.8 Å². The van der Waals surface area contributed by atoms with Gasteiger partial charge in [-0.15, -0.1) is 13.2 Å². The van der Waals surface area contributed by atoms with Crippen molar-refractivity contribution < 1.29 is 27.8 Å². The van der Waals surface area contributed by atoms with Gasteiger partial charge in [-0.05, 0) is 54.4 Å². The second-order valence-corrected chi connectivity index (χ2v) is 9.22. The number of nitrogens with zero attached hydrogens (tertiary/aromatic N) is 3. The van der Waals surface area contributed by atoms with E-state index in [1.807, 2.05) is 0 Å². The molecule has 0 atom stereocenters. The molecule has 0 aliphatic carbocycles. The Hall–Kier alpha value is -4.32. The van der Waals surface area contributed by atoms with Gasteiger partial charge in [-0.2, -0.15) is 0 Å². The van der Waals surface area contributed by atoms with Crippen molar-refractivity contribution in [3.8, 4) is 11.5 Å². The summed E-state index contributed by atoms with van der Waals surface area (Å²) in [5.74, 6) is 0.111. The minimum absolute atomic E-state index is 0.193. The minimum atomic E-state index is -4.77. The highest BCUT2D eigenvalue weighted by Gasteiger charge is 2.31. The third-order valence-corrected chi connectivity index (χ3v) is 6.52. The third kappa shape index (κ3) is 5.59. The Morgan fingerprint density at radius 3 is 2.59 bits per heavy atom. The van der Waals surface area contributed by atoms with Crippen LogP contribution in [0.4, 0.5) is 24.3 Å². The lowest BCUT2D eigenvalue weighted by Crippen LogP contribution is -2.25. The summed E-state index contributed by atoms with van der Waals surface area (Å²) in [4.78, 5) is 21.6. The Kier molecular flexibility index (Phi) is 6.34. The molecule has 1 amide bonds. The average molecular weight is 528 g/mol. The molecule has 3 N–H and O–H groups in total. The number of hydrogen-bond acceptors (Lipinski definition) is 7. The van der Waals surface area contributed by atoms with Crippen LogP contribution in [0.1, 0.15) is 15.9 Å². The van der Waals surface area contributed by atoms with Crippen LogP contribution in [0.25, 0.3) is 21.3 Å². The number of imidazole rings is 1. The molecule has 2 heterocycles. The van der Waals surface area contributed by atoms with Crippen molar-refractivity contribution in [2.24, 2.45) is 7.05 Å². The van der Waals surface area contributed by atoms with Crippen LogP contribution in [0.2, 0.25) is 0 Å². The van der Waals surface area contributed by atoms with E-state index < -0.39 is 6.36 Å². The lowest BCUT2D eigenvalue weighted by molar-refractivity contribution is -0.274. The summed E-state index contributed by atoms with van der Waals surface area (Å²) in [6.45, 7) is 0.435. The van der Waals surface area contributed by atoms with E-state index in [1.165, 1.54) is 29.5 Å². The number of aromatic hydroxyl groups is 1. The van der Waals surface area contributed by atoms with Crippen LogP contribution in [-0.4, -0.2) is 38.5 Å². The molecule has 5 aromatic rings. The summed E-state index contributed by atoms with van der Waals surface area (Å²) in [6.07, 6.45) is -4.15. The van der Waals surface area contributed by atoms with Gasteiger partial charge in [0.1, 0.15) is 11.5 Å². The van der Waals surface area contributed by atoms with Crippen LogP contribution >= 0.6 is 11.3 Å². The molecule has 0 radical (unpaired) electrons. The number of phenols is 1. The molecule has 3 aromatic carbocycles. The molecule has 0 saturated carbocycles. The molecule has 2 aromatic heterocycles. The average Bonchev–Trinajstić information content (AvgIpc) is 3.38. The van der Waals surface area contributed by atoms with E-state index in [1.54, 1.807) is 54.1 Å². The maximum atomic E-state index is 12.6. The molecule has 0 aliphatic heterocycles. The number of benzene rings is 3. The summed E-state index contributed by atoms with van der Waals surface area (Å²) >= 11 is 1.17. The van der Waals surface area contributed by atoms with Gasteiger partial charge in [0.15, 0.2) is 5.13 Å². The number of aromatic nitrogens is 3. The number of hydrogen-bond donors (Lipinski definition) is 3. The zero-order valence-corrected chi connectivity index (χ0v) is 20.2. The number of phenolic OH excluding ortho intramolecular Hbond substituents is 1. The van der Waals surface area contributed by atoms with E-state index >= 15 is 0 Å². The predicted molar refractivity (Wildman–Crippen MR) is 134 cm³/mol. The number of rotatable bonds is 7. The lowest BCUT2D eigenvalue weighted by Gasteiger charge is -2.07. The highest BCUT2D eigenvalue weighted by Crippen LogP contribution is 2.33. The van der Waals surface area contributed by atoms with E-state index in [-0.39, 0.29) is 17.4 Å². The first-order valence-corrected chi connectivity index (χ1v) is 11.9. The number of carbonyl (C=O) groups excluding carboxylic acids is 1. The van der Waals surface area contributed by atoms with Crippen molar-refractivity contribution in [1.29, 1.82) is 0 Å². The van der Waals surface area contributed by atoms with Crippen LogP contribution in [0.5, 0.6) is 11.5 Å². The van der Waals surface area contributed by atoms with E-state index in [2.05, 4.69) is 25.3 Å². The number of ether oxygens (including phenoxy) is 1. The zero-order chi connectivity index (χ0) is 26.2. The monoisotopic (exact) mass is 527 g/mol. The number of amides is 1. The fraction of sp³-hybridized carbons (Fsp3) is 0.160. The van der Waals surface area contributed by atoms with Crippen LogP contribution in [0, 0.1) is 0 Å². The van der Waals surface area contributed by atoms with Gasteiger partial charge in [0.2, 0.25) is 5.95 Å². The normalized spacial score (nSPS) is 11.7. The van der Waals surface area contributed by atoms with Crippen molar-refractivity contribution in [2.75, 3.05) is 11.9 Å². The molecule has 8 nitrogen and oxygen atoms in total. The summed E-state index contributed by atoms with van der Waals surface area (Å²) in [7, 11) is 1.80. The first-order valence-electron chi connectivity index (χ1n) is 11.1. The smallest absolute Gasteiger partial charge is 0.508 e. The molecule has 12 heteroatoms. The largest absolute Gasteiger partial charge is 0.573 e. The van der Waals surface area contributed by atoms with Crippen LogP contribution < -0.4 is 15.4 Å². The maximum absolute atomic E-state index is 12.6. The maximum Gasteiger partial charge on any atom is 0.573 e. The number of halogens is 3. The Morgan fingerprint density at radius 1 is 1.05 bits per heavy atom. The van der Waals surface area contributed by atoms with Crippen LogP contribution in [0.15, 0.2) is 60.7 Å². The molecule has 0 aliphatic rings. The molecule has 0 saturated heterocycles. The van der Waals surface area contributed by atoms with Crippen LogP contribution in [0.3, 0.4) is 0 Å². The van der Waals surface area contributed by atoms with Gasteiger partial charge in [-0.3, -0.25) is 4.79 Å². The molecule has 0 bridgehead atoms. The predicted octanol–water partition coefficient (Wildman–Crippen LogP) is 5.50. The van der Waals surface area contributed by atoms with Gasteiger partial charge >= 0.3 is 6.36 Å². The molecule has 0 fully saturated rings. The number of carbonyl (C=O) groups is 1. The fourth-order valence-electron chi connectivity index (χ4n) is 3.79. The second kappa shape index (κ2) is 9.62. The first kappa shape index (κ1) is 24.4. The van der Waals surface area contributed by atoms with Crippen molar-refractivity contribution in [3.63, 3.8) is 0 Å². The number of aryl methyl sites for hydroxylation is 1. The Balaban J connectivity index is 1.29. The highest BCUT2D eigenvalue weighted by molar-refractivity contribution is 7.22. The number of fused-ring (bicyclic) bond motifs is 2. The van der Waals surface area contributed by atoms with E-state index in [9.17, 15) is 23.1 Å². The van der Waals surface area contributed by atoms with Crippen molar-refractivity contribution in [3.05, 3.63) is 71.8 Å². The number of anilines is 2. The van der Waals surface area contributed by atoms with E-state index in [0.717, 1.165) is 11.1 Å². The van der Waals surface area contributed by atoms with Crippen LogP contribution in [-0.2, 0) is 13.5 Å². The zero-order valence-electron chi connectivity index (χ0n) is 19.3. The van der Waals surface area contributed by atoms with Crippen molar-refractivity contribution in [1.82, 2.24) is 19.9 Å². The molecular weight excluding hydrogens is 507 g/mol. The van der Waals surface area contributed by atoms with Gasteiger partial charge in [0.05, 0.1) is 21.3 Å². The summed E-state index contributed by atoms with van der Waals surface area (Å²) in [5.41, 5.74) is 3.35. The molecule has 190 valence electrons. The second-order valence-electron chi connectivity index (χ2n) is 8.19. The van der Waals surface area contributed by atoms with Crippen molar-refractivity contribution >= 4 is 49.6 Å². The van der Waals surface area contributed by atoms with Gasteiger partial charge in [0.25, 0.3) is 5.91 Å². The summed E-state index contributed by atoms with van der Waals surface area (Å²) < 4.78 is 43.8. The van der Waals surface area contributed by atoms with Gasteiger partial charge in [-0.25, -0.2) is 9.97 Å². The summed E-state index contributed by atoms with van der Waals surface area (Å²) in [5, 5.41) is 15.8. The molecule has 37 heavy (non-hydrogen) atoms. The van der Waals surface area contributed by atoms with Gasteiger partial charge in [0, 0.05) is 25.2 Å². The Morgan fingerprint density at radius 2 is 1.84 bits per heavy atom. The fourth-order valence-corrected chi connectivity index (χ4v) is 4.68. The number of thiazole rings is 1. The van der Waals surface area contributed by atoms with Gasteiger partial charge < -0.3 is 25.0 Å². The van der Waals surface area contributed by atoms with E-state index in [4.69, 9.17) is 0 Å². The summed E-state index contributed by atoms with van der Waals surface area (Å²) in [6, 6.07) is 16.0. The standard InChI is InChI=1S/C25H20F3N5O3S/c1-33-20-9-4-15(22(35)29-11-10-14-2-5-16(34)6-3-14)12-19(20)30-23(33)32-24-31-18-8-7-17(13-21(18)37-24)36-25(26,27)28/h2-9,12-13,34H,10-11H2,1H3,(H,29,35)(H,30,31,32). The number of nitrogens with one attached hydrogen (secondary N) is 2. The Labute approximate surface area is 212 Å². The lowest BCUT2D eigenvalue weighted by atomic mass is 10.1. The minimum Gasteiger partial charge on any atom is -0.508 e. The first-order chi connectivity index (χ1) is 17.6. The van der Waals surface area contributed by atoms with E-state index in [0.29, 0.717) is 45.3 Å². The quantitative estimate of drug-likeness (QED) is 0.258. The molecular formula is C25H20F3N5O3S. The third-order valence-electron chi connectivity index (χ3n) is 5.59. The topological polar surface area (TPSA) is 101 Å². The molecule has 0 spiro atoms. The number of alkyl halides is 3. The SMILES string of the molecule is Cn1c(Nc2nc3ccc(OC(F)(F)F)cc3s2)nc2cc(C(=O)NCCc3ccc(O)cc3)ccc21. The molecule has 5 rings (SSSR count). The molecule has 0 unspecified atom stereocenters.